The molecule has 2 rings (SSSR count). The third kappa shape index (κ3) is 3.86. The minimum absolute atomic E-state index is 0.635. The van der Waals surface area contributed by atoms with Crippen LogP contribution in [0.3, 0.4) is 0 Å². The highest BCUT2D eigenvalue weighted by Crippen LogP contribution is 2.22. The summed E-state index contributed by atoms with van der Waals surface area (Å²) in [5.41, 5.74) is 1.15. The first kappa shape index (κ1) is 14.1. The molecule has 1 saturated heterocycles. The molecule has 0 amide bonds. The number of rotatable bonds is 5. The van der Waals surface area contributed by atoms with Crippen LogP contribution >= 0.6 is 23.2 Å². The van der Waals surface area contributed by atoms with Crippen LogP contribution in [0.4, 0.5) is 0 Å². The molecular weight excluding hydrogens is 267 g/mol. The first-order valence-electron chi connectivity index (χ1n) is 6.58. The Kier molecular flexibility index (Phi) is 5.31. The summed E-state index contributed by atoms with van der Waals surface area (Å²) < 4.78 is 0. The maximum atomic E-state index is 6.22. The van der Waals surface area contributed by atoms with Crippen LogP contribution in [0, 0.1) is 0 Å². The van der Waals surface area contributed by atoms with Crippen molar-refractivity contribution in [1.82, 2.24) is 10.2 Å². The van der Waals surface area contributed by atoms with E-state index in [0.29, 0.717) is 11.1 Å². The van der Waals surface area contributed by atoms with Crippen molar-refractivity contribution in [3.05, 3.63) is 33.8 Å². The van der Waals surface area contributed by atoms with E-state index in [2.05, 4.69) is 17.1 Å². The lowest BCUT2D eigenvalue weighted by molar-refractivity contribution is 0.253. The van der Waals surface area contributed by atoms with Crippen LogP contribution in [0.5, 0.6) is 0 Å². The Hall–Kier alpha value is -0.280. The first-order chi connectivity index (χ1) is 8.69. The fraction of sp³-hybridized carbons (Fsp3) is 0.571. The standard InChI is InChI=1S/C14H20Cl2N2/c1-2-18(10-13-4-3-7-17-13)9-11-5-6-12(15)8-14(11)16/h5-6,8,13,17H,2-4,7,9-10H2,1H3. The Morgan fingerprint density at radius 1 is 1.39 bits per heavy atom. The van der Waals surface area contributed by atoms with Crippen molar-refractivity contribution in [1.29, 1.82) is 0 Å². The number of hydrogen-bond acceptors (Lipinski definition) is 2. The Labute approximate surface area is 119 Å². The van der Waals surface area contributed by atoms with Gasteiger partial charge in [-0.05, 0) is 43.6 Å². The van der Waals surface area contributed by atoms with Gasteiger partial charge in [0.15, 0.2) is 0 Å². The number of nitrogens with zero attached hydrogens (tertiary/aromatic N) is 1. The van der Waals surface area contributed by atoms with Crippen molar-refractivity contribution >= 4 is 23.2 Å². The summed E-state index contributed by atoms with van der Waals surface area (Å²) in [4.78, 5) is 2.43. The van der Waals surface area contributed by atoms with Gasteiger partial charge in [0.2, 0.25) is 0 Å². The van der Waals surface area contributed by atoms with Crippen LogP contribution in [0.15, 0.2) is 18.2 Å². The van der Waals surface area contributed by atoms with Gasteiger partial charge in [0.25, 0.3) is 0 Å². The fourth-order valence-corrected chi connectivity index (χ4v) is 2.89. The Bertz CT molecular complexity index is 389. The first-order valence-corrected chi connectivity index (χ1v) is 7.34. The maximum absolute atomic E-state index is 6.22. The van der Waals surface area contributed by atoms with Gasteiger partial charge in [-0.3, -0.25) is 4.90 Å². The molecule has 1 unspecified atom stereocenters. The molecule has 1 aliphatic heterocycles. The van der Waals surface area contributed by atoms with Gasteiger partial charge in [0.05, 0.1) is 0 Å². The molecule has 1 N–H and O–H groups in total. The predicted molar refractivity (Wildman–Crippen MR) is 78.4 cm³/mol. The van der Waals surface area contributed by atoms with Gasteiger partial charge in [-0.25, -0.2) is 0 Å². The van der Waals surface area contributed by atoms with Crippen LogP contribution in [-0.2, 0) is 6.54 Å². The topological polar surface area (TPSA) is 15.3 Å². The Morgan fingerprint density at radius 3 is 2.83 bits per heavy atom. The largest absolute Gasteiger partial charge is 0.313 e. The third-order valence-corrected chi connectivity index (χ3v) is 4.08. The van der Waals surface area contributed by atoms with E-state index in [1.165, 1.54) is 12.8 Å². The van der Waals surface area contributed by atoms with Gasteiger partial charge in [0, 0.05) is 29.2 Å². The molecule has 100 valence electrons. The summed E-state index contributed by atoms with van der Waals surface area (Å²) in [6, 6.07) is 6.39. The van der Waals surface area contributed by atoms with E-state index in [9.17, 15) is 0 Å². The van der Waals surface area contributed by atoms with Gasteiger partial charge in [-0.2, -0.15) is 0 Å². The molecule has 0 bridgehead atoms. The molecule has 0 aromatic heterocycles. The number of nitrogens with one attached hydrogen (secondary N) is 1. The number of likely N-dealkylation sites (N-methyl/N-ethyl adjacent to an activating group) is 1. The van der Waals surface area contributed by atoms with Crippen LogP contribution in [0.25, 0.3) is 0 Å². The summed E-state index contributed by atoms with van der Waals surface area (Å²) in [5.74, 6) is 0. The molecule has 1 fully saturated rings. The van der Waals surface area contributed by atoms with Crippen LogP contribution < -0.4 is 5.32 Å². The molecule has 18 heavy (non-hydrogen) atoms. The van der Waals surface area contributed by atoms with Crippen molar-refractivity contribution in [2.75, 3.05) is 19.6 Å². The molecule has 2 nitrogen and oxygen atoms in total. The minimum atomic E-state index is 0.635. The second kappa shape index (κ2) is 6.76. The average Bonchev–Trinajstić information content (AvgIpc) is 2.84. The second-order valence-electron chi connectivity index (χ2n) is 4.86. The van der Waals surface area contributed by atoms with Gasteiger partial charge < -0.3 is 5.32 Å². The van der Waals surface area contributed by atoms with Gasteiger partial charge in [0.1, 0.15) is 0 Å². The second-order valence-corrected chi connectivity index (χ2v) is 5.70. The molecule has 1 aliphatic rings. The summed E-state index contributed by atoms with van der Waals surface area (Å²) in [6.07, 6.45) is 2.58. The fourth-order valence-electron chi connectivity index (χ4n) is 2.42. The smallest absolute Gasteiger partial charge is 0.0465 e. The normalized spacial score (nSPS) is 19.7. The van der Waals surface area contributed by atoms with Crippen molar-refractivity contribution < 1.29 is 0 Å². The average molecular weight is 287 g/mol. The lowest BCUT2D eigenvalue weighted by Gasteiger charge is -2.24. The van der Waals surface area contributed by atoms with Crippen molar-refractivity contribution in [2.45, 2.75) is 32.4 Å². The zero-order valence-corrected chi connectivity index (χ0v) is 12.3. The molecule has 0 radical (unpaired) electrons. The zero-order chi connectivity index (χ0) is 13.0. The summed E-state index contributed by atoms with van der Waals surface area (Å²) in [5, 5.41) is 5.00. The third-order valence-electron chi connectivity index (χ3n) is 3.50. The highest BCUT2D eigenvalue weighted by molar-refractivity contribution is 6.35. The quantitative estimate of drug-likeness (QED) is 0.890. The number of benzene rings is 1. The summed E-state index contributed by atoms with van der Waals surface area (Å²) in [7, 11) is 0. The molecule has 1 heterocycles. The molecule has 1 aromatic rings. The van der Waals surface area contributed by atoms with Crippen LogP contribution in [-0.4, -0.2) is 30.6 Å². The Morgan fingerprint density at radius 2 is 2.22 bits per heavy atom. The highest BCUT2D eigenvalue weighted by Gasteiger charge is 2.17. The Balaban J connectivity index is 1.96. The molecule has 1 aromatic carbocycles. The monoisotopic (exact) mass is 286 g/mol. The lowest BCUT2D eigenvalue weighted by atomic mass is 10.1. The number of halogens is 2. The molecular formula is C14H20Cl2N2. The van der Waals surface area contributed by atoms with Crippen molar-refractivity contribution in [2.24, 2.45) is 0 Å². The van der Waals surface area contributed by atoms with E-state index in [1.54, 1.807) is 0 Å². The molecule has 1 atom stereocenters. The zero-order valence-electron chi connectivity index (χ0n) is 10.8. The van der Waals surface area contributed by atoms with Crippen LogP contribution in [0.2, 0.25) is 10.0 Å². The number of hydrogen-bond donors (Lipinski definition) is 1. The van der Waals surface area contributed by atoms with E-state index in [4.69, 9.17) is 23.2 Å². The molecule has 0 spiro atoms. The van der Waals surface area contributed by atoms with Gasteiger partial charge in [-0.1, -0.05) is 36.2 Å². The van der Waals surface area contributed by atoms with E-state index in [1.807, 2.05) is 18.2 Å². The van der Waals surface area contributed by atoms with Crippen molar-refractivity contribution in [3.8, 4) is 0 Å². The van der Waals surface area contributed by atoms with E-state index in [-0.39, 0.29) is 0 Å². The molecule has 0 aliphatic carbocycles. The lowest BCUT2D eigenvalue weighted by Crippen LogP contribution is -2.37. The predicted octanol–water partition coefficient (Wildman–Crippen LogP) is 3.57. The molecule has 0 saturated carbocycles. The van der Waals surface area contributed by atoms with Gasteiger partial charge in [-0.15, -0.1) is 0 Å². The molecule has 4 heteroatoms. The van der Waals surface area contributed by atoms with E-state index in [0.717, 1.165) is 36.8 Å². The maximum Gasteiger partial charge on any atom is 0.0465 e. The minimum Gasteiger partial charge on any atom is -0.313 e. The summed E-state index contributed by atoms with van der Waals surface area (Å²) >= 11 is 12.1. The van der Waals surface area contributed by atoms with Crippen LogP contribution in [0.1, 0.15) is 25.3 Å². The SMILES string of the molecule is CCN(Cc1ccc(Cl)cc1Cl)CC1CCCN1. The highest BCUT2D eigenvalue weighted by atomic mass is 35.5. The van der Waals surface area contributed by atoms with E-state index < -0.39 is 0 Å². The summed E-state index contributed by atoms with van der Waals surface area (Å²) in [6.45, 7) is 6.37. The van der Waals surface area contributed by atoms with E-state index >= 15 is 0 Å². The van der Waals surface area contributed by atoms with Crippen molar-refractivity contribution in [3.63, 3.8) is 0 Å². The van der Waals surface area contributed by atoms with Gasteiger partial charge >= 0.3 is 0 Å².